The largest absolute Gasteiger partial charge is 0.435 e. The Morgan fingerprint density at radius 3 is 2.54 bits per heavy atom. The number of ether oxygens (including phenoxy) is 1. The highest BCUT2D eigenvalue weighted by Gasteiger charge is 2.30. The van der Waals surface area contributed by atoms with Crippen molar-refractivity contribution in [1.29, 1.82) is 0 Å². The fraction of sp³-hybridized carbons (Fsp3) is 0.448. The normalized spacial score (nSPS) is 16.2. The molecule has 0 radical (unpaired) electrons. The maximum atomic E-state index is 13.4. The Kier molecular flexibility index (Phi) is 6.47. The number of carbonyl (C=O) groups is 1. The third-order valence-corrected chi connectivity index (χ3v) is 7.88. The van der Waals surface area contributed by atoms with E-state index in [0.717, 1.165) is 70.9 Å². The number of anilines is 2. The Morgan fingerprint density at radius 1 is 1.13 bits per heavy atom. The van der Waals surface area contributed by atoms with Crippen LogP contribution in [0.2, 0.25) is 0 Å². The van der Waals surface area contributed by atoms with Gasteiger partial charge in [-0.25, -0.2) is 9.97 Å². The summed E-state index contributed by atoms with van der Waals surface area (Å²) in [6, 6.07) is 8.46. The van der Waals surface area contributed by atoms with E-state index in [4.69, 9.17) is 19.2 Å². The van der Waals surface area contributed by atoms with E-state index in [1.807, 2.05) is 25.3 Å². The number of carbonyl (C=O) groups excluding carboxylic acids is 1. The molecule has 1 saturated heterocycles. The maximum Gasteiger partial charge on any atom is 0.295 e. The lowest BCUT2D eigenvalue weighted by molar-refractivity contribution is 0.0963. The van der Waals surface area contributed by atoms with Gasteiger partial charge in [0.15, 0.2) is 11.5 Å². The third kappa shape index (κ3) is 4.94. The van der Waals surface area contributed by atoms with Crippen molar-refractivity contribution < 1.29 is 13.9 Å². The molecule has 39 heavy (non-hydrogen) atoms. The average molecular weight is 547 g/mol. The minimum absolute atomic E-state index is 0.223. The highest BCUT2D eigenvalue weighted by atomic mass is 31.0. The van der Waals surface area contributed by atoms with Crippen molar-refractivity contribution in [3.8, 4) is 11.1 Å². The van der Waals surface area contributed by atoms with E-state index in [0.29, 0.717) is 25.0 Å². The number of aryl methyl sites for hydroxylation is 1. The van der Waals surface area contributed by atoms with Crippen LogP contribution < -0.4 is 15.1 Å². The van der Waals surface area contributed by atoms with Gasteiger partial charge in [0.2, 0.25) is 11.7 Å². The Morgan fingerprint density at radius 2 is 1.87 bits per heavy atom. The average Bonchev–Trinajstić information content (AvgIpc) is 3.46. The van der Waals surface area contributed by atoms with Crippen molar-refractivity contribution in [1.82, 2.24) is 19.6 Å². The molecule has 4 aromatic rings. The van der Waals surface area contributed by atoms with E-state index in [1.54, 1.807) is 11.9 Å². The van der Waals surface area contributed by atoms with Gasteiger partial charge in [-0.15, -0.1) is 14.3 Å². The topological polar surface area (TPSA) is 89.0 Å². The van der Waals surface area contributed by atoms with E-state index < -0.39 is 0 Å². The number of hydrogen-bond acceptors (Lipinski definition) is 7. The lowest BCUT2D eigenvalue weighted by Crippen LogP contribution is -2.37. The van der Waals surface area contributed by atoms with Gasteiger partial charge in [-0.1, -0.05) is 20.8 Å². The fourth-order valence-electron chi connectivity index (χ4n) is 4.99. The number of oxazole rings is 1. The van der Waals surface area contributed by atoms with E-state index in [9.17, 15) is 4.79 Å². The van der Waals surface area contributed by atoms with E-state index in [2.05, 4.69) is 50.3 Å². The van der Waals surface area contributed by atoms with Gasteiger partial charge in [0.05, 0.1) is 25.1 Å². The second-order valence-corrected chi connectivity index (χ2v) is 12.2. The van der Waals surface area contributed by atoms with Crippen molar-refractivity contribution in [2.24, 2.45) is 0 Å². The summed E-state index contributed by atoms with van der Waals surface area (Å²) in [4.78, 5) is 26.6. The molecule has 1 unspecified atom stereocenters. The third-order valence-electron chi connectivity index (χ3n) is 7.42. The van der Waals surface area contributed by atoms with Crippen molar-refractivity contribution in [3.05, 3.63) is 53.5 Å². The van der Waals surface area contributed by atoms with Gasteiger partial charge in [0.25, 0.3) is 5.91 Å². The molecule has 0 bridgehead atoms. The molecular formula is C29H35N6O3P. The molecule has 6 rings (SSSR count). The molecule has 2 fully saturated rings. The highest BCUT2D eigenvalue weighted by molar-refractivity contribution is 7.28. The van der Waals surface area contributed by atoms with Crippen LogP contribution in [-0.4, -0.2) is 58.8 Å². The Labute approximate surface area is 230 Å². The zero-order valence-electron chi connectivity index (χ0n) is 23.2. The Bertz CT molecular complexity index is 1560. The van der Waals surface area contributed by atoms with E-state index in [1.165, 1.54) is 6.20 Å². The van der Waals surface area contributed by atoms with E-state index in [-0.39, 0.29) is 17.1 Å². The van der Waals surface area contributed by atoms with Gasteiger partial charge in [-0.3, -0.25) is 4.79 Å². The predicted octanol–water partition coefficient (Wildman–Crippen LogP) is 4.48. The quantitative estimate of drug-likeness (QED) is 0.341. The molecule has 1 aliphatic heterocycles. The first-order valence-corrected chi connectivity index (χ1v) is 14.1. The number of nitrogens with zero attached hydrogens (tertiary/aromatic N) is 6. The zero-order valence-corrected chi connectivity index (χ0v) is 24.3. The van der Waals surface area contributed by atoms with E-state index >= 15 is 0 Å². The predicted molar refractivity (Wildman–Crippen MR) is 155 cm³/mol. The van der Waals surface area contributed by atoms with Gasteiger partial charge in [-0.2, -0.15) is 4.52 Å². The van der Waals surface area contributed by atoms with Crippen LogP contribution in [0.5, 0.6) is 0 Å². The minimum atomic E-state index is -0.280. The summed E-state index contributed by atoms with van der Waals surface area (Å²) in [5.74, 6) is 2.92. The molecule has 0 N–H and O–H groups in total. The van der Waals surface area contributed by atoms with Gasteiger partial charge >= 0.3 is 0 Å². The Balaban J connectivity index is 1.41. The molecule has 10 heteroatoms. The van der Waals surface area contributed by atoms with Crippen LogP contribution in [0.1, 0.15) is 67.4 Å². The van der Waals surface area contributed by atoms with Crippen molar-refractivity contribution >= 4 is 37.6 Å². The molecule has 4 heterocycles. The number of rotatable bonds is 5. The molecule has 1 atom stereocenters. The lowest BCUT2D eigenvalue weighted by Gasteiger charge is -2.29. The van der Waals surface area contributed by atoms with Crippen LogP contribution in [-0.2, 0) is 10.2 Å². The van der Waals surface area contributed by atoms with Crippen LogP contribution in [0.15, 0.2) is 34.9 Å². The summed E-state index contributed by atoms with van der Waals surface area (Å²) in [5.41, 5.74) is 4.53. The van der Waals surface area contributed by atoms with Crippen molar-refractivity contribution in [3.63, 3.8) is 0 Å². The van der Waals surface area contributed by atoms with Crippen LogP contribution in [0.4, 0.5) is 11.5 Å². The standard InChI is InChI=1S/C29H35N6O3P/c1-17-12-23(39)21(33(5)27(36)22-16-30-28(38-22)29(2,3)4)15-20(17)19-13-24-31-26(18-6-7-18)32-35(24)25(14-19)34-8-10-37-11-9-34/h12-16,18H,6-11,39H2,1-5H3. The smallest absolute Gasteiger partial charge is 0.295 e. The van der Waals surface area contributed by atoms with Crippen LogP contribution >= 0.6 is 9.24 Å². The van der Waals surface area contributed by atoms with Crippen LogP contribution in [0, 0.1) is 6.92 Å². The second-order valence-electron chi connectivity index (χ2n) is 11.6. The molecule has 1 aliphatic carbocycles. The van der Waals surface area contributed by atoms with Gasteiger partial charge in [0, 0.05) is 31.5 Å². The summed E-state index contributed by atoms with van der Waals surface area (Å²) in [6.07, 6.45) is 3.82. The first-order valence-electron chi connectivity index (χ1n) is 13.5. The van der Waals surface area contributed by atoms with Crippen molar-refractivity contribution in [2.45, 2.75) is 51.9 Å². The molecule has 2 aliphatic rings. The van der Waals surface area contributed by atoms with Gasteiger partial charge in [0.1, 0.15) is 5.82 Å². The highest BCUT2D eigenvalue weighted by Crippen LogP contribution is 2.39. The number of benzene rings is 1. The molecule has 1 saturated carbocycles. The molecule has 9 nitrogen and oxygen atoms in total. The number of pyridine rings is 1. The zero-order chi connectivity index (χ0) is 27.5. The number of morpholine rings is 1. The number of hydrogen-bond donors (Lipinski definition) is 0. The van der Waals surface area contributed by atoms with Crippen LogP contribution in [0.25, 0.3) is 16.8 Å². The molecule has 1 aromatic carbocycles. The summed E-state index contributed by atoms with van der Waals surface area (Å²) < 4.78 is 13.4. The first-order chi connectivity index (χ1) is 18.6. The summed E-state index contributed by atoms with van der Waals surface area (Å²) in [6.45, 7) is 11.1. The number of aromatic nitrogens is 4. The second kappa shape index (κ2) is 9.72. The summed E-state index contributed by atoms with van der Waals surface area (Å²) >= 11 is 0. The molecule has 0 spiro atoms. The van der Waals surface area contributed by atoms with Crippen molar-refractivity contribution in [2.75, 3.05) is 43.2 Å². The number of amides is 1. The number of fused-ring (bicyclic) bond motifs is 1. The molecule has 204 valence electrons. The fourth-order valence-corrected chi connectivity index (χ4v) is 5.51. The van der Waals surface area contributed by atoms with Gasteiger partial charge in [-0.05, 0) is 66.0 Å². The monoisotopic (exact) mass is 546 g/mol. The summed E-state index contributed by atoms with van der Waals surface area (Å²) in [5, 5.41) is 5.82. The Hall–Kier alpha value is -3.29. The SMILES string of the molecule is Cc1cc(P)c(N(C)C(=O)c2cnc(C(C)(C)C)o2)cc1-c1cc(N2CCOCC2)n2nc(C3CC3)nc2c1. The van der Waals surface area contributed by atoms with Gasteiger partial charge < -0.3 is 19.0 Å². The minimum Gasteiger partial charge on any atom is -0.435 e. The maximum absolute atomic E-state index is 13.4. The molecular weight excluding hydrogens is 511 g/mol. The first kappa shape index (κ1) is 26.0. The summed E-state index contributed by atoms with van der Waals surface area (Å²) in [7, 11) is 4.54. The molecule has 1 amide bonds. The van der Waals surface area contributed by atoms with Crippen LogP contribution in [0.3, 0.4) is 0 Å². The lowest BCUT2D eigenvalue weighted by atomic mass is 9.97. The molecule has 3 aromatic heterocycles.